The van der Waals surface area contributed by atoms with Crippen LogP contribution in [0.25, 0.3) is 0 Å². The van der Waals surface area contributed by atoms with Crippen LogP contribution in [0.15, 0.2) is 57.5 Å². The minimum absolute atomic E-state index is 0.304. The van der Waals surface area contributed by atoms with Gasteiger partial charge in [-0.1, -0.05) is 31.9 Å². The molecule has 288 valence electrons. The first-order chi connectivity index (χ1) is 26.3. The van der Waals surface area contributed by atoms with E-state index >= 15 is 0 Å². The summed E-state index contributed by atoms with van der Waals surface area (Å²) in [6.45, 7) is 2.73. The first-order valence-corrected chi connectivity index (χ1v) is 19.2. The van der Waals surface area contributed by atoms with Crippen LogP contribution < -0.4 is 18.9 Å². The molecule has 54 heavy (non-hydrogen) atoms. The molecule has 8 bridgehead atoms. The van der Waals surface area contributed by atoms with Gasteiger partial charge in [-0.15, -0.1) is 0 Å². The Morgan fingerprint density at radius 1 is 0.407 bits per heavy atom. The van der Waals surface area contributed by atoms with Crippen LogP contribution in [0.4, 0.5) is 0 Å². The number of hydrogen-bond donors (Lipinski definition) is 0. The minimum atomic E-state index is 0.304. The molecule has 4 aromatic carbocycles. The van der Waals surface area contributed by atoms with Crippen molar-refractivity contribution >= 4 is 44.4 Å². The van der Waals surface area contributed by atoms with Gasteiger partial charge in [0.05, 0.1) is 26.4 Å². The van der Waals surface area contributed by atoms with Gasteiger partial charge in [0.15, 0.2) is 0 Å². The van der Waals surface area contributed by atoms with Gasteiger partial charge in [-0.25, -0.2) is 0 Å². The van der Waals surface area contributed by atoms with Crippen LogP contribution in [-0.2, 0) is 44.6 Å². The van der Waals surface area contributed by atoms with Crippen molar-refractivity contribution in [3.8, 4) is 23.0 Å². The van der Waals surface area contributed by atoms with Gasteiger partial charge in [-0.05, 0) is 70.8 Å². The standard InChI is InChI=1S/C42H46Br2O10/c1-47-5-9-51-39-29-13-27(25-45)14-30(39)18-34-22-38(44)24-36(42(34)54-12-8-50-4)20-32-16-28(26-46)15-31(40(32)52-10-6-48-2)19-35-23-37(43)21-33(17-29)41(35)53-11-7-49-3/h13-16,21-26H,5-12,17-20H2,1-4H3. The van der Waals surface area contributed by atoms with E-state index in [0.29, 0.717) is 113 Å². The molecule has 5 rings (SSSR count). The highest BCUT2D eigenvalue weighted by Gasteiger charge is 2.24. The smallest absolute Gasteiger partial charge is 0.150 e. The molecule has 0 aromatic heterocycles. The molecule has 1 aliphatic carbocycles. The zero-order valence-corrected chi connectivity index (χ0v) is 34.3. The lowest BCUT2D eigenvalue weighted by molar-refractivity contribution is 0.111. The van der Waals surface area contributed by atoms with E-state index in [1.165, 1.54) is 0 Å². The molecule has 0 unspecified atom stereocenters. The molecular weight excluding hydrogens is 824 g/mol. The van der Waals surface area contributed by atoms with Gasteiger partial charge < -0.3 is 37.9 Å². The van der Waals surface area contributed by atoms with E-state index in [0.717, 1.165) is 66.0 Å². The molecule has 1 aliphatic rings. The van der Waals surface area contributed by atoms with E-state index < -0.39 is 0 Å². The fourth-order valence-electron chi connectivity index (χ4n) is 6.64. The predicted molar refractivity (Wildman–Crippen MR) is 213 cm³/mol. The number of hydrogen-bond acceptors (Lipinski definition) is 10. The third-order valence-electron chi connectivity index (χ3n) is 8.88. The number of halogens is 2. The van der Waals surface area contributed by atoms with Crippen LogP contribution in [0.2, 0.25) is 0 Å². The van der Waals surface area contributed by atoms with Crippen molar-refractivity contribution in [2.45, 2.75) is 25.7 Å². The monoisotopic (exact) mass is 868 g/mol. The Morgan fingerprint density at radius 2 is 0.630 bits per heavy atom. The maximum atomic E-state index is 12.5. The first kappa shape index (κ1) is 41.4. The second kappa shape index (κ2) is 20.8. The van der Waals surface area contributed by atoms with Crippen LogP contribution >= 0.6 is 31.9 Å². The highest BCUT2D eigenvalue weighted by atomic mass is 79.9. The Balaban J connectivity index is 1.85. The largest absolute Gasteiger partial charge is 0.491 e. The third-order valence-corrected chi connectivity index (χ3v) is 9.79. The number of benzene rings is 4. The van der Waals surface area contributed by atoms with Gasteiger partial charge in [0.1, 0.15) is 62.0 Å². The lowest BCUT2D eigenvalue weighted by Gasteiger charge is -2.24. The number of fused-ring (bicyclic) bond motifs is 8. The summed E-state index contributed by atoms with van der Waals surface area (Å²) in [5.41, 5.74) is 7.75. The number of carbonyl (C=O) groups excluding carboxylic acids is 2. The Morgan fingerprint density at radius 3 is 0.833 bits per heavy atom. The Kier molecular flexibility index (Phi) is 15.9. The average molecular weight is 871 g/mol. The summed E-state index contributed by atoms with van der Waals surface area (Å²) in [6.07, 6.45) is 3.23. The van der Waals surface area contributed by atoms with Gasteiger partial charge in [-0.3, -0.25) is 9.59 Å². The van der Waals surface area contributed by atoms with Crippen molar-refractivity contribution in [2.75, 3.05) is 81.3 Å². The van der Waals surface area contributed by atoms with E-state index in [-0.39, 0.29) is 0 Å². The van der Waals surface area contributed by atoms with E-state index in [4.69, 9.17) is 37.9 Å². The van der Waals surface area contributed by atoms with Crippen molar-refractivity contribution in [3.63, 3.8) is 0 Å². The van der Waals surface area contributed by atoms with E-state index in [1.54, 1.807) is 28.4 Å². The molecule has 0 spiro atoms. The summed E-state index contributed by atoms with van der Waals surface area (Å²) in [4.78, 5) is 25.0. The summed E-state index contributed by atoms with van der Waals surface area (Å²) in [5.74, 6) is 2.67. The molecule has 0 atom stereocenters. The maximum Gasteiger partial charge on any atom is 0.150 e. The van der Waals surface area contributed by atoms with E-state index in [9.17, 15) is 9.59 Å². The first-order valence-electron chi connectivity index (χ1n) is 17.6. The number of ether oxygens (including phenoxy) is 8. The molecule has 4 aromatic rings. The van der Waals surface area contributed by atoms with Gasteiger partial charge >= 0.3 is 0 Å². The zero-order chi connectivity index (χ0) is 38.5. The minimum Gasteiger partial charge on any atom is -0.491 e. The third kappa shape index (κ3) is 10.7. The Hall–Kier alpha value is -3.78. The molecule has 0 radical (unpaired) electrons. The highest BCUT2D eigenvalue weighted by molar-refractivity contribution is 9.10. The Labute approximate surface area is 333 Å². The second-order valence-corrected chi connectivity index (χ2v) is 14.6. The topological polar surface area (TPSA) is 108 Å². The molecular formula is C42H46Br2O10. The van der Waals surface area contributed by atoms with Crippen molar-refractivity contribution < 1.29 is 47.5 Å². The van der Waals surface area contributed by atoms with Gasteiger partial charge in [0.25, 0.3) is 0 Å². The lowest BCUT2D eigenvalue weighted by Crippen LogP contribution is -2.14. The number of carbonyl (C=O) groups is 2. The fraction of sp³-hybridized carbons (Fsp3) is 0.381. The number of rotatable bonds is 18. The molecule has 0 heterocycles. The molecule has 12 heteroatoms. The molecule has 0 N–H and O–H groups in total. The van der Waals surface area contributed by atoms with Crippen LogP contribution in [0.3, 0.4) is 0 Å². The van der Waals surface area contributed by atoms with Crippen molar-refractivity contribution in [1.29, 1.82) is 0 Å². The summed E-state index contributed by atoms with van der Waals surface area (Å²) in [5, 5.41) is 0. The summed E-state index contributed by atoms with van der Waals surface area (Å²) in [7, 11) is 6.52. The second-order valence-electron chi connectivity index (χ2n) is 12.8. The number of aldehydes is 2. The van der Waals surface area contributed by atoms with Crippen LogP contribution in [0.1, 0.15) is 65.2 Å². The predicted octanol–water partition coefficient (Wildman–Crippen LogP) is 7.61. The molecule has 0 aliphatic heterocycles. The molecule has 0 saturated heterocycles. The Bertz CT molecular complexity index is 1680. The van der Waals surface area contributed by atoms with Crippen LogP contribution in [0, 0.1) is 0 Å². The van der Waals surface area contributed by atoms with Gasteiger partial charge in [0, 0.05) is 96.4 Å². The normalized spacial score (nSPS) is 12.3. The number of methoxy groups -OCH3 is 4. The molecule has 0 fully saturated rings. The van der Waals surface area contributed by atoms with Gasteiger partial charge in [-0.2, -0.15) is 0 Å². The van der Waals surface area contributed by atoms with Crippen molar-refractivity contribution in [1.82, 2.24) is 0 Å². The van der Waals surface area contributed by atoms with Crippen LogP contribution in [0.5, 0.6) is 23.0 Å². The molecule has 0 amide bonds. The average Bonchev–Trinajstić information content (AvgIpc) is 3.15. The summed E-state index contributed by atoms with van der Waals surface area (Å²) < 4.78 is 49.2. The van der Waals surface area contributed by atoms with Gasteiger partial charge in [0.2, 0.25) is 0 Å². The summed E-state index contributed by atoms with van der Waals surface area (Å²) in [6, 6.07) is 15.5. The van der Waals surface area contributed by atoms with E-state index in [1.807, 2.05) is 48.5 Å². The van der Waals surface area contributed by atoms with Crippen LogP contribution in [-0.4, -0.2) is 93.9 Å². The lowest BCUT2D eigenvalue weighted by atomic mass is 9.90. The fourth-order valence-corrected chi connectivity index (χ4v) is 7.75. The van der Waals surface area contributed by atoms with Crippen molar-refractivity contribution in [2.24, 2.45) is 0 Å². The quantitative estimate of drug-likeness (QED) is 0.0646. The van der Waals surface area contributed by atoms with E-state index in [2.05, 4.69) is 31.9 Å². The van der Waals surface area contributed by atoms with Crippen molar-refractivity contribution in [3.05, 3.63) is 113 Å². The molecule has 10 nitrogen and oxygen atoms in total. The zero-order valence-electron chi connectivity index (χ0n) is 31.1. The molecule has 0 saturated carbocycles. The maximum absolute atomic E-state index is 12.5. The SMILES string of the molecule is COCCOc1c2cc(Br)cc1Cc1cc(C=O)cc(c1OCCOC)Cc1cc(Br)cc(c1OCCOC)Cc1cc(C=O)cc(c1OCCOC)C2. The highest BCUT2D eigenvalue weighted by Crippen LogP contribution is 2.41. The summed E-state index contributed by atoms with van der Waals surface area (Å²) >= 11 is 7.53.